The number of anilines is 1. The number of rotatable bonds is 6. The average molecular weight is 390 g/mol. The lowest BCUT2D eigenvalue weighted by Crippen LogP contribution is -2.09. The molecule has 5 nitrogen and oxygen atoms in total. The summed E-state index contributed by atoms with van der Waals surface area (Å²) in [6.07, 6.45) is 1.54. The van der Waals surface area contributed by atoms with Crippen molar-refractivity contribution in [3.05, 3.63) is 72.2 Å². The van der Waals surface area contributed by atoms with Crippen molar-refractivity contribution >= 4 is 36.8 Å². The Labute approximate surface area is 167 Å². The van der Waals surface area contributed by atoms with Crippen LogP contribution in [0.2, 0.25) is 0 Å². The molecule has 0 fully saturated rings. The van der Waals surface area contributed by atoms with E-state index in [2.05, 4.69) is 15.4 Å². The van der Waals surface area contributed by atoms with Crippen LogP contribution in [0.4, 0.5) is 10.2 Å². The van der Waals surface area contributed by atoms with Crippen molar-refractivity contribution in [2.24, 2.45) is 0 Å². The predicted molar refractivity (Wildman–Crippen MR) is 110 cm³/mol. The molecule has 0 aliphatic carbocycles. The van der Waals surface area contributed by atoms with Crippen molar-refractivity contribution in [3.8, 4) is 11.3 Å². The summed E-state index contributed by atoms with van der Waals surface area (Å²) in [7, 11) is 7.64. The number of halogens is 1. The summed E-state index contributed by atoms with van der Waals surface area (Å²) in [4.78, 5) is 5.52. The molecule has 28 heavy (non-hydrogen) atoms. The van der Waals surface area contributed by atoms with Gasteiger partial charge in [0.15, 0.2) is 5.65 Å². The van der Waals surface area contributed by atoms with E-state index in [0.29, 0.717) is 34.7 Å². The van der Waals surface area contributed by atoms with Crippen LogP contribution in [0, 0.1) is 5.82 Å². The minimum Gasteiger partial charge on any atom is -0.366 e. The lowest BCUT2D eigenvalue weighted by Gasteiger charge is -2.12. The smallest absolute Gasteiger partial charge is 0.150 e. The van der Waals surface area contributed by atoms with Crippen molar-refractivity contribution in [2.45, 2.75) is 11.4 Å². The summed E-state index contributed by atoms with van der Waals surface area (Å²) in [5, 5.41) is 7.62. The van der Waals surface area contributed by atoms with Gasteiger partial charge in [-0.05, 0) is 35.3 Å². The standard InChI is InChI=1S/C20H16BFN4OS/c1-27-28-14-8-6-13(7-9-14)11-23-19-10-18(15-4-2-3-5-17(15)22)25-20-16(21)12-24-26(19)20/h2-10,12,23H,11H2,1H3. The molecule has 0 saturated heterocycles. The summed E-state index contributed by atoms with van der Waals surface area (Å²) < 4.78 is 20.9. The summed E-state index contributed by atoms with van der Waals surface area (Å²) in [5.41, 5.74) is 2.90. The second-order valence-electron chi connectivity index (χ2n) is 6.09. The first-order chi connectivity index (χ1) is 13.7. The van der Waals surface area contributed by atoms with E-state index in [-0.39, 0.29) is 5.82 Å². The van der Waals surface area contributed by atoms with Crippen LogP contribution in [0.3, 0.4) is 0 Å². The first-order valence-corrected chi connectivity index (χ1v) is 9.32. The van der Waals surface area contributed by atoms with Gasteiger partial charge >= 0.3 is 0 Å². The van der Waals surface area contributed by atoms with E-state index in [1.807, 2.05) is 24.3 Å². The van der Waals surface area contributed by atoms with Gasteiger partial charge in [-0.2, -0.15) is 9.61 Å². The maximum atomic E-state index is 14.3. The van der Waals surface area contributed by atoms with Gasteiger partial charge in [0.25, 0.3) is 0 Å². The van der Waals surface area contributed by atoms with E-state index in [0.717, 1.165) is 10.5 Å². The van der Waals surface area contributed by atoms with Crippen LogP contribution in [-0.4, -0.2) is 29.6 Å². The van der Waals surface area contributed by atoms with Crippen LogP contribution in [0.25, 0.3) is 16.9 Å². The van der Waals surface area contributed by atoms with Crippen molar-refractivity contribution in [1.82, 2.24) is 14.6 Å². The third-order valence-corrected chi connectivity index (χ3v) is 4.86. The zero-order valence-electron chi connectivity index (χ0n) is 15.1. The molecule has 4 aromatic rings. The molecule has 2 radical (unpaired) electrons. The van der Waals surface area contributed by atoms with Crippen LogP contribution >= 0.6 is 12.0 Å². The molecule has 8 heteroatoms. The molecule has 0 spiro atoms. The molecule has 0 amide bonds. The molecule has 4 rings (SSSR count). The molecule has 0 bridgehead atoms. The van der Waals surface area contributed by atoms with E-state index < -0.39 is 0 Å². The molecule has 0 unspecified atom stereocenters. The number of aromatic nitrogens is 3. The average Bonchev–Trinajstić information content (AvgIpc) is 3.09. The first-order valence-electron chi connectivity index (χ1n) is 8.58. The van der Waals surface area contributed by atoms with Gasteiger partial charge in [0, 0.05) is 41.3 Å². The van der Waals surface area contributed by atoms with Crippen LogP contribution in [0.5, 0.6) is 0 Å². The van der Waals surface area contributed by atoms with Crippen LogP contribution in [-0.2, 0) is 10.7 Å². The lowest BCUT2D eigenvalue weighted by atomic mass is 10.0. The second-order valence-corrected chi connectivity index (χ2v) is 7.06. The Balaban J connectivity index is 1.67. The molecule has 0 atom stereocenters. The topological polar surface area (TPSA) is 51.5 Å². The highest BCUT2D eigenvalue weighted by atomic mass is 32.2. The van der Waals surface area contributed by atoms with E-state index in [1.165, 1.54) is 24.3 Å². The molecule has 2 aromatic heterocycles. The molecule has 1 N–H and O–H groups in total. The lowest BCUT2D eigenvalue weighted by molar-refractivity contribution is 0.490. The number of hydrogen-bond donors (Lipinski definition) is 1. The van der Waals surface area contributed by atoms with E-state index in [9.17, 15) is 4.39 Å². The predicted octanol–water partition coefficient (Wildman–Crippen LogP) is 3.59. The van der Waals surface area contributed by atoms with Crippen molar-refractivity contribution < 1.29 is 8.57 Å². The fourth-order valence-electron chi connectivity index (χ4n) is 2.86. The van der Waals surface area contributed by atoms with Gasteiger partial charge in [0.1, 0.15) is 19.5 Å². The normalized spacial score (nSPS) is 11.1. The molecule has 0 aliphatic heterocycles. The second kappa shape index (κ2) is 8.04. The number of nitrogens with zero attached hydrogens (tertiary/aromatic N) is 3. The SMILES string of the molecule is [B]c1cnn2c(NCc3ccc(SOC)cc3)cc(-c3ccccc3F)nc12. The molecule has 0 aliphatic rings. The van der Waals surface area contributed by atoms with Gasteiger partial charge < -0.3 is 9.50 Å². The Bertz CT molecular complexity index is 1120. The quantitative estimate of drug-likeness (QED) is 0.403. The molecule has 138 valence electrons. The number of nitrogens with one attached hydrogen (secondary N) is 1. The van der Waals surface area contributed by atoms with Crippen molar-refractivity contribution in [3.63, 3.8) is 0 Å². The highest BCUT2D eigenvalue weighted by Crippen LogP contribution is 2.25. The summed E-state index contributed by atoms with van der Waals surface area (Å²) in [5.74, 6) is 0.338. The van der Waals surface area contributed by atoms with Gasteiger partial charge in [-0.25, -0.2) is 9.37 Å². The largest absolute Gasteiger partial charge is 0.366 e. The Hall–Kier alpha value is -2.84. The minimum atomic E-state index is -0.338. The minimum absolute atomic E-state index is 0.338. The van der Waals surface area contributed by atoms with Crippen molar-refractivity contribution in [2.75, 3.05) is 12.4 Å². The fourth-order valence-corrected chi connectivity index (χ4v) is 3.30. The summed E-state index contributed by atoms with van der Waals surface area (Å²) in [6, 6.07) is 16.3. The van der Waals surface area contributed by atoms with E-state index in [1.54, 1.807) is 35.9 Å². The van der Waals surface area contributed by atoms with Gasteiger partial charge in [-0.1, -0.05) is 24.3 Å². The van der Waals surface area contributed by atoms with Gasteiger partial charge in [-0.3, -0.25) is 0 Å². The maximum absolute atomic E-state index is 14.3. The van der Waals surface area contributed by atoms with Gasteiger partial charge in [0.05, 0.1) is 12.8 Å². The Morgan fingerprint density at radius 1 is 1.18 bits per heavy atom. The van der Waals surface area contributed by atoms with Crippen molar-refractivity contribution in [1.29, 1.82) is 0 Å². The Kier molecular flexibility index (Phi) is 5.32. The molecule has 2 aromatic carbocycles. The number of hydrogen-bond acceptors (Lipinski definition) is 5. The van der Waals surface area contributed by atoms with E-state index >= 15 is 0 Å². The maximum Gasteiger partial charge on any atom is 0.150 e. The molecule has 0 saturated carbocycles. The van der Waals surface area contributed by atoms with Gasteiger partial charge in [0.2, 0.25) is 0 Å². The van der Waals surface area contributed by atoms with Crippen LogP contribution in [0.1, 0.15) is 5.56 Å². The Morgan fingerprint density at radius 2 is 1.96 bits per heavy atom. The number of fused-ring (bicyclic) bond motifs is 1. The number of benzene rings is 2. The van der Waals surface area contributed by atoms with E-state index in [4.69, 9.17) is 12.0 Å². The molecular weight excluding hydrogens is 374 g/mol. The highest BCUT2D eigenvalue weighted by molar-refractivity contribution is 7.94. The third-order valence-electron chi connectivity index (χ3n) is 4.23. The highest BCUT2D eigenvalue weighted by Gasteiger charge is 2.13. The fraction of sp³-hybridized carbons (Fsp3) is 0.100. The van der Waals surface area contributed by atoms with Crippen LogP contribution < -0.4 is 10.8 Å². The van der Waals surface area contributed by atoms with Gasteiger partial charge in [-0.15, -0.1) is 0 Å². The Morgan fingerprint density at radius 3 is 2.71 bits per heavy atom. The third kappa shape index (κ3) is 3.74. The summed E-state index contributed by atoms with van der Waals surface area (Å²) >= 11 is 1.31. The molecular formula is C20H16BFN4OS. The zero-order valence-corrected chi connectivity index (χ0v) is 15.9. The monoisotopic (exact) mass is 390 g/mol. The van der Waals surface area contributed by atoms with Crippen LogP contribution in [0.15, 0.2) is 65.7 Å². The summed E-state index contributed by atoms with van der Waals surface area (Å²) in [6.45, 7) is 0.563. The first kappa shape index (κ1) is 18.5. The zero-order chi connectivity index (χ0) is 19.5. The molecule has 2 heterocycles.